The van der Waals surface area contributed by atoms with Gasteiger partial charge in [0.05, 0.1) is 6.04 Å². The van der Waals surface area contributed by atoms with Gasteiger partial charge in [0.15, 0.2) is 0 Å². The molecule has 1 amide bonds. The highest BCUT2D eigenvalue weighted by Crippen LogP contribution is 1.78. The van der Waals surface area contributed by atoms with E-state index in [9.17, 15) is 9.59 Å². The molecule has 0 aliphatic heterocycles. The van der Waals surface area contributed by atoms with Gasteiger partial charge in [-0.2, -0.15) is 0 Å². The molecule has 0 aromatic heterocycles. The lowest BCUT2D eigenvalue weighted by Crippen LogP contribution is -2.38. The van der Waals surface area contributed by atoms with Crippen LogP contribution < -0.4 is 11.1 Å². The topological polar surface area (TPSA) is 92.4 Å². The fourth-order valence-corrected chi connectivity index (χ4v) is 0.505. The van der Waals surface area contributed by atoms with Crippen molar-refractivity contribution < 1.29 is 14.7 Å². The second kappa shape index (κ2) is 5.31. The number of hydrogen-bond acceptors (Lipinski definition) is 3. The Hall–Kier alpha value is -1.36. The molecule has 5 heteroatoms. The third-order valence-electron chi connectivity index (χ3n) is 1.23. The molecule has 0 radical (unpaired) electrons. The summed E-state index contributed by atoms with van der Waals surface area (Å²) in [5.74, 6) is -1.47. The standard InChI is InChI=1S/C7H12N2O3/c1-5(7(8)12)9-4-2-3-6(10)11/h2-3,5,9H,4H2,1H3,(H2,8,12)(H,10,11)/b3-2+. The van der Waals surface area contributed by atoms with Crippen LogP contribution in [0.25, 0.3) is 0 Å². The molecule has 0 aliphatic carbocycles. The minimum atomic E-state index is -1.01. The summed E-state index contributed by atoms with van der Waals surface area (Å²) >= 11 is 0. The van der Waals surface area contributed by atoms with Crippen molar-refractivity contribution in [1.82, 2.24) is 5.32 Å². The van der Waals surface area contributed by atoms with Gasteiger partial charge >= 0.3 is 5.97 Å². The van der Waals surface area contributed by atoms with E-state index >= 15 is 0 Å². The zero-order valence-corrected chi connectivity index (χ0v) is 6.78. The lowest BCUT2D eigenvalue weighted by atomic mass is 10.3. The van der Waals surface area contributed by atoms with Crippen molar-refractivity contribution >= 4 is 11.9 Å². The quantitative estimate of drug-likeness (QED) is 0.468. The molecule has 12 heavy (non-hydrogen) atoms. The van der Waals surface area contributed by atoms with E-state index in [0.29, 0.717) is 6.54 Å². The predicted molar refractivity (Wildman–Crippen MR) is 43.4 cm³/mol. The number of rotatable bonds is 5. The van der Waals surface area contributed by atoms with Gasteiger partial charge in [-0.25, -0.2) is 4.79 Å². The number of nitrogens with two attached hydrogens (primary N) is 1. The van der Waals surface area contributed by atoms with Crippen LogP contribution in [0.4, 0.5) is 0 Å². The van der Waals surface area contributed by atoms with E-state index in [0.717, 1.165) is 6.08 Å². The van der Waals surface area contributed by atoms with Gasteiger partial charge in [0, 0.05) is 12.6 Å². The Morgan fingerprint density at radius 1 is 1.67 bits per heavy atom. The fraction of sp³-hybridized carbons (Fsp3) is 0.429. The zero-order chi connectivity index (χ0) is 9.56. The van der Waals surface area contributed by atoms with Crippen LogP contribution in [0.1, 0.15) is 6.92 Å². The first-order valence-electron chi connectivity index (χ1n) is 3.46. The van der Waals surface area contributed by atoms with Crippen LogP contribution in [0.5, 0.6) is 0 Å². The minimum absolute atomic E-state index is 0.316. The van der Waals surface area contributed by atoms with Crippen molar-refractivity contribution in [2.24, 2.45) is 5.73 Å². The van der Waals surface area contributed by atoms with Crippen LogP contribution >= 0.6 is 0 Å². The lowest BCUT2D eigenvalue weighted by molar-refractivity contribution is -0.131. The number of primary amides is 1. The van der Waals surface area contributed by atoms with E-state index in [1.807, 2.05) is 0 Å². The van der Waals surface area contributed by atoms with Gasteiger partial charge in [-0.15, -0.1) is 0 Å². The van der Waals surface area contributed by atoms with Gasteiger partial charge in [-0.1, -0.05) is 6.08 Å². The Morgan fingerprint density at radius 3 is 2.67 bits per heavy atom. The van der Waals surface area contributed by atoms with Gasteiger partial charge < -0.3 is 16.2 Å². The molecule has 4 N–H and O–H groups in total. The van der Waals surface area contributed by atoms with E-state index in [1.165, 1.54) is 6.08 Å². The first kappa shape index (κ1) is 10.6. The highest BCUT2D eigenvalue weighted by molar-refractivity contribution is 5.80. The van der Waals surface area contributed by atoms with Crippen molar-refractivity contribution in [2.45, 2.75) is 13.0 Å². The Morgan fingerprint density at radius 2 is 2.25 bits per heavy atom. The van der Waals surface area contributed by atoms with Crippen LogP contribution in [0.3, 0.4) is 0 Å². The van der Waals surface area contributed by atoms with Gasteiger partial charge in [-0.05, 0) is 6.92 Å². The predicted octanol–water partition coefficient (Wildman–Crippen LogP) is -0.909. The van der Waals surface area contributed by atoms with Gasteiger partial charge in [0.25, 0.3) is 0 Å². The van der Waals surface area contributed by atoms with Crippen LogP contribution in [0, 0.1) is 0 Å². The third kappa shape index (κ3) is 5.43. The fourth-order valence-electron chi connectivity index (χ4n) is 0.505. The Kier molecular flexibility index (Phi) is 4.71. The summed E-state index contributed by atoms with van der Waals surface area (Å²) in [4.78, 5) is 20.4. The average Bonchev–Trinajstić information content (AvgIpc) is 1.97. The Labute approximate surface area is 70.2 Å². The number of nitrogens with one attached hydrogen (secondary N) is 1. The molecule has 1 unspecified atom stereocenters. The summed E-state index contributed by atoms with van der Waals surface area (Å²) in [5, 5.41) is 10.9. The molecule has 1 atom stereocenters. The van der Waals surface area contributed by atoms with Gasteiger partial charge in [-0.3, -0.25) is 4.79 Å². The number of amides is 1. The number of carbonyl (C=O) groups excluding carboxylic acids is 1. The summed E-state index contributed by atoms with van der Waals surface area (Å²) in [6.45, 7) is 1.92. The molecular formula is C7H12N2O3. The zero-order valence-electron chi connectivity index (χ0n) is 6.78. The van der Waals surface area contributed by atoms with Crippen LogP contribution in [-0.4, -0.2) is 29.6 Å². The lowest BCUT2D eigenvalue weighted by Gasteiger charge is -2.05. The number of aliphatic carboxylic acids is 1. The molecule has 0 aromatic carbocycles. The summed E-state index contributed by atoms with van der Waals surface area (Å²) in [6.07, 6.45) is 2.41. The van der Waals surface area contributed by atoms with Gasteiger partial charge in [0.2, 0.25) is 5.91 Å². The molecule has 0 aliphatic rings. The summed E-state index contributed by atoms with van der Waals surface area (Å²) in [6, 6.07) is -0.441. The SMILES string of the molecule is CC(NC/C=C/C(=O)O)C(N)=O. The average molecular weight is 172 g/mol. The summed E-state index contributed by atoms with van der Waals surface area (Å²) < 4.78 is 0. The number of hydrogen-bond donors (Lipinski definition) is 3. The molecule has 0 bridgehead atoms. The molecule has 0 saturated carbocycles. The van der Waals surface area contributed by atoms with Crippen LogP contribution in [0.15, 0.2) is 12.2 Å². The van der Waals surface area contributed by atoms with Crippen molar-refractivity contribution in [3.05, 3.63) is 12.2 Å². The summed E-state index contributed by atoms with van der Waals surface area (Å²) in [5.41, 5.74) is 4.94. The van der Waals surface area contributed by atoms with Crippen molar-refractivity contribution in [3.63, 3.8) is 0 Å². The monoisotopic (exact) mass is 172 g/mol. The second-order valence-corrected chi connectivity index (χ2v) is 2.27. The molecular weight excluding hydrogens is 160 g/mol. The number of carboxylic acid groups (broad SMARTS) is 1. The van der Waals surface area contributed by atoms with Crippen molar-refractivity contribution in [2.75, 3.05) is 6.54 Å². The first-order chi connectivity index (χ1) is 5.54. The van der Waals surface area contributed by atoms with Crippen molar-refractivity contribution in [3.8, 4) is 0 Å². The molecule has 0 rings (SSSR count). The molecule has 5 nitrogen and oxygen atoms in total. The third-order valence-corrected chi connectivity index (χ3v) is 1.23. The maximum Gasteiger partial charge on any atom is 0.328 e. The smallest absolute Gasteiger partial charge is 0.328 e. The highest BCUT2D eigenvalue weighted by Gasteiger charge is 2.04. The number of carboxylic acids is 1. The van der Waals surface area contributed by atoms with Crippen LogP contribution in [0.2, 0.25) is 0 Å². The molecule has 0 spiro atoms. The first-order valence-corrected chi connectivity index (χ1v) is 3.46. The van der Waals surface area contributed by atoms with E-state index in [2.05, 4.69) is 5.32 Å². The minimum Gasteiger partial charge on any atom is -0.478 e. The summed E-state index contributed by atoms with van der Waals surface area (Å²) in [7, 11) is 0. The molecule has 0 heterocycles. The Balaban J connectivity index is 3.56. The van der Waals surface area contributed by atoms with Crippen LogP contribution in [-0.2, 0) is 9.59 Å². The largest absolute Gasteiger partial charge is 0.478 e. The van der Waals surface area contributed by atoms with E-state index in [-0.39, 0.29) is 0 Å². The highest BCUT2D eigenvalue weighted by atomic mass is 16.4. The number of carbonyl (C=O) groups is 2. The Bertz CT molecular complexity index is 201. The maximum atomic E-state index is 10.4. The normalized spacial score (nSPS) is 13.1. The van der Waals surface area contributed by atoms with E-state index in [4.69, 9.17) is 10.8 Å². The molecule has 0 fully saturated rings. The maximum absolute atomic E-state index is 10.4. The molecule has 68 valence electrons. The van der Waals surface area contributed by atoms with E-state index < -0.39 is 17.9 Å². The molecule has 0 aromatic rings. The van der Waals surface area contributed by atoms with Crippen molar-refractivity contribution in [1.29, 1.82) is 0 Å². The second-order valence-electron chi connectivity index (χ2n) is 2.27. The molecule has 0 saturated heterocycles. The van der Waals surface area contributed by atoms with Gasteiger partial charge in [0.1, 0.15) is 0 Å². The van der Waals surface area contributed by atoms with E-state index in [1.54, 1.807) is 6.92 Å².